The molecule has 2 heterocycles. The predicted octanol–water partition coefficient (Wildman–Crippen LogP) is -0.325. The van der Waals surface area contributed by atoms with Crippen molar-refractivity contribution in [2.75, 3.05) is 0 Å². The number of urea groups is 1. The van der Waals surface area contributed by atoms with Crippen LogP contribution in [-0.2, 0) is 20.8 Å². The van der Waals surface area contributed by atoms with Crippen LogP contribution < -0.4 is 10.6 Å². The van der Waals surface area contributed by atoms with E-state index in [1.54, 1.807) is 6.92 Å². The quantitative estimate of drug-likeness (QED) is 0.375. The molecule has 0 aromatic carbocycles. The van der Waals surface area contributed by atoms with Gasteiger partial charge in [0.25, 0.3) is 5.22 Å². The minimum atomic E-state index is -1.44. The van der Waals surface area contributed by atoms with Gasteiger partial charge in [0.05, 0.1) is 4.91 Å². The average Bonchev–Trinajstić information content (AvgIpc) is 2.88. The number of amides is 4. The fourth-order valence-corrected chi connectivity index (χ4v) is 2.20. The number of rotatable bonds is 5. The summed E-state index contributed by atoms with van der Waals surface area (Å²) in [4.78, 5) is 45.0. The SMILES string of the molecule is CCc1nnc(S/C(=C/C2C(=O)NC(=O)NC2=O)C(=O)O)o1. The Balaban J connectivity index is 2.23. The molecule has 1 fully saturated rings. The van der Waals surface area contributed by atoms with Gasteiger partial charge in [0.1, 0.15) is 5.92 Å². The molecule has 0 unspecified atom stereocenters. The van der Waals surface area contributed by atoms with Crippen LogP contribution in [0.3, 0.4) is 0 Å². The number of nitrogens with one attached hydrogen (secondary N) is 2. The Morgan fingerprint density at radius 1 is 1.32 bits per heavy atom. The molecule has 11 heteroatoms. The molecule has 1 aromatic heterocycles. The molecule has 0 aliphatic carbocycles. The van der Waals surface area contributed by atoms with Crippen molar-refractivity contribution < 1.29 is 28.7 Å². The second kappa shape index (κ2) is 6.39. The molecule has 0 bridgehead atoms. The van der Waals surface area contributed by atoms with E-state index >= 15 is 0 Å². The van der Waals surface area contributed by atoms with Gasteiger partial charge >= 0.3 is 12.0 Å². The molecule has 22 heavy (non-hydrogen) atoms. The fourth-order valence-electron chi connectivity index (χ4n) is 1.50. The highest BCUT2D eigenvalue weighted by molar-refractivity contribution is 8.03. The number of hydrogen-bond acceptors (Lipinski definition) is 8. The summed E-state index contributed by atoms with van der Waals surface area (Å²) in [6.45, 7) is 1.78. The van der Waals surface area contributed by atoms with Crippen molar-refractivity contribution >= 4 is 35.6 Å². The van der Waals surface area contributed by atoms with Crippen LogP contribution in [-0.4, -0.2) is 39.1 Å². The smallest absolute Gasteiger partial charge is 0.342 e. The number of aromatic nitrogens is 2. The molecule has 0 radical (unpaired) electrons. The zero-order chi connectivity index (χ0) is 16.3. The number of thioether (sulfide) groups is 1. The molecule has 0 spiro atoms. The Kier molecular flexibility index (Phi) is 4.56. The maximum Gasteiger partial charge on any atom is 0.342 e. The van der Waals surface area contributed by atoms with Crippen LogP contribution >= 0.6 is 11.8 Å². The second-order valence-corrected chi connectivity index (χ2v) is 5.03. The van der Waals surface area contributed by atoms with Gasteiger partial charge in [-0.3, -0.25) is 20.2 Å². The average molecular weight is 326 g/mol. The zero-order valence-electron chi connectivity index (χ0n) is 11.2. The van der Waals surface area contributed by atoms with E-state index in [-0.39, 0.29) is 10.1 Å². The van der Waals surface area contributed by atoms with E-state index in [4.69, 9.17) is 9.52 Å². The Bertz CT molecular complexity index is 662. The Hall–Kier alpha value is -2.69. The van der Waals surface area contributed by atoms with Gasteiger partial charge in [-0.2, -0.15) is 0 Å². The van der Waals surface area contributed by atoms with Crippen molar-refractivity contribution in [2.24, 2.45) is 5.92 Å². The van der Waals surface area contributed by atoms with Crippen molar-refractivity contribution in [2.45, 2.75) is 18.6 Å². The van der Waals surface area contributed by atoms with Gasteiger partial charge in [-0.25, -0.2) is 9.59 Å². The van der Waals surface area contributed by atoms with Gasteiger partial charge in [-0.15, -0.1) is 10.2 Å². The lowest BCUT2D eigenvalue weighted by Crippen LogP contribution is -2.55. The number of carboxylic acid groups (broad SMARTS) is 1. The standard InChI is InChI=1S/C11H10N4O6S/c1-2-6-14-15-11(21-6)22-5(9(18)19)3-4-7(16)12-10(20)13-8(4)17/h3-4H,2H2,1H3,(H,18,19)(H2,12,13,16,17,20)/b5-3+. The first-order chi connectivity index (χ1) is 10.4. The highest BCUT2D eigenvalue weighted by Gasteiger charge is 2.34. The monoisotopic (exact) mass is 326 g/mol. The molecule has 1 saturated heterocycles. The first-order valence-electron chi connectivity index (χ1n) is 6.01. The van der Waals surface area contributed by atoms with Crippen molar-refractivity contribution in [3.8, 4) is 0 Å². The van der Waals surface area contributed by atoms with Gasteiger partial charge in [-0.05, 0) is 17.8 Å². The number of carbonyl (C=O) groups is 4. The lowest BCUT2D eigenvalue weighted by Gasteiger charge is -2.18. The predicted molar refractivity (Wildman–Crippen MR) is 70.4 cm³/mol. The van der Waals surface area contributed by atoms with E-state index in [0.29, 0.717) is 24.1 Å². The third-order valence-electron chi connectivity index (χ3n) is 2.52. The number of aryl methyl sites for hydroxylation is 1. The summed E-state index contributed by atoms with van der Waals surface area (Å²) >= 11 is 0.608. The van der Waals surface area contributed by atoms with Crippen molar-refractivity contribution in [1.29, 1.82) is 0 Å². The third kappa shape index (κ3) is 3.49. The Morgan fingerprint density at radius 3 is 2.45 bits per heavy atom. The van der Waals surface area contributed by atoms with Gasteiger partial charge in [0.2, 0.25) is 17.7 Å². The van der Waals surface area contributed by atoms with Gasteiger partial charge in [-0.1, -0.05) is 6.92 Å². The van der Waals surface area contributed by atoms with Crippen LogP contribution in [0.1, 0.15) is 12.8 Å². The molecule has 4 amide bonds. The number of carbonyl (C=O) groups excluding carboxylic acids is 3. The van der Waals surface area contributed by atoms with Crippen LogP contribution in [0.4, 0.5) is 4.79 Å². The molecular weight excluding hydrogens is 316 g/mol. The molecule has 1 aromatic rings. The zero-order valence-corrected chi connectivity index (χ0v) is 12.0. The maximum absolute atomic E-state index is 11.6. The van der Waals surface area contributed by atoms with Crippen LogP contribution in [0.5, 0.6) is 0 Å². The van der Waals surface area contributed by atoms with Gasteiger partial charge in [0.15, 0.2) is 0 Å². The van der Waals surface area contributed by atoms with Crippen molar-refractivity contribution in [1.82, 2.24) is 20.8 Å². The Morgan fingerprint density at radius 2 is 1.95 bits per heavy atom. The summed E-state index contributed by atoms with van der Waals surface area (Å²) in [6.07, 6.45) is 1.40. The first-order valence-corrected chi connectivity index (χ1v) is 6.83. The summed E-state index contributed by atoms with van der Waals surface area (Å²) in [5.74, 6) is -4.31. The van der Waals surface area contributed by atoms with Crippen molar-refractivity contribution in [3.05, 3.63) is 16.9 Å². The molecule has 116 valence electrons. The number of barbiturate groups is 1. The minimum Gasteiger partial charge on any atom is -0.477 e. The van der Waals surface area contributed by atoms with Crippen LogP contribution in [0.15, 0.2) is 20.6 Å². The summed E-state index contributed by atoms with van der Waals surface area (Å²) in [5.41, 5.74) is 0. The lowest BCUT2D eigenvalue weighted by atomic mass is 10.1. The Labute approximate surface area is 127 Å². The highest BCUT2D eigenvalue weighted by Crippen LogP contribution is 2.27. The van der Waals surface area contributed by atoms with E-state index in [0.717, 1.165) is 6.08 Å². The van der Waals surface area contributed by atoms with Crippen molar-refractivity contribution in [3.63, 3.8) is 0 Å². The van der Waals surface area contributed by atoms with Crippen LogP contribution in [0, 0.1) is 5.92 Å². The van der Waals surface area contributed by atoms with Gasteiger partial charge in [0, 0.05) is 6.42 Å². The second-order valence-electron chi connectivity index (χ2n) is 4.04. The maximum atomic E-state index is 11.6. The number of carboxylic acids is 1. The molecule has 0 atom stereocenters. The van der Waals surface area contributed by atoms with Crippen LogP contribution in [0.2, 0.25) is 0 Å². The molecule has 10 nitrogen and oxygen atoms in total. The third-order valence-corrected chi connectivity index (χ3v) is 3.39. The van der Waals surface area contributed by atoms with E-state index in [9.17, 15) is 19.2 Å². The normalized spacial score (nSPS) is 16.4. The molecular formula is C11H10N4O6S. The van der Waals surface area contributed by atoms with E-state index in [1.807, 2.05) is 10.6 Å². The lowest BCUT2D eigenvalue weighted by molar-refractivity contribution is -0.133. The van der Waals surface area contributed by atoms with Gasteiger partial charge < -0.3 is 9.52 Å². The molecule has 1 aliphatic heterocycles. The number of aliphatic carboxylic acids is 1. The first kappa shape index (κ1) is 15.7. The molecule has 0 saturated carbocycles. The highest BCUT2D eigenvalue weighted by atomic mass is 32.2. The summed E-state index contributed by atoms with van der Waals surface area (Å²) in [7, 11) is 0. The molecule has 1 aliphatic rings. The van der Waals surface area contributed by atoms with E-state index < -0.39 is 29.7 Å². The number of imide groups is 2. The fraction of sp³-hybridized carbons (Fsp3) is 0.273. The summed E-state index contributed by atoms with van der Waals surface area (Å²) < 4.78 is 5.15. The minimum absolute atomic E-state index is 0.0294. The number of nitrogens with zero attached hydrogens (tertiary/aromatic N) is 2. The molecule has 3 N–H and O–H groups in total. The van der Waals surface area contributed by atoms with E-state index in [1.165, 1.54) is 0 Å². The van der Waals surface area contributed by atoms with E-state index in [2.05, 4.69) is 10.2 Å². The number of hydrogen-bond donors (Lipinski definition) is 3. The summed E-state index contributed by atoms with van der Waals surface area (Å²) in [5, 5.41) is 20.2. The van der Waals surface area contributed by atoms with Crippen LogP contribution in [0.25, 0.3) is 0 Å². The largest absolute Gasteiger partial charge is 0.477 e. The summed E-state index contributed by atoms with van der Waals surface area (Å²) in [6, 6.07) is -0.950. The topological polar surface area (TPSA) is 151 Å². The molecule has 2 rings (SSSR count).